The predicted molar refractivity (Wildman–Crippen MR) is 74.4 cm³/mol. The van der Waals surface area contributed by atoms with Crippen molar-refractivity contribution in [2.45, 2.75) is 25.9 Å². The maximum absolute atomic E-state index is 11.1. The van der Waals surface area contributed by atoms with Gasteiger partial charge in [0.2, 0.25) is 0 Å². The topological polar surface area (TPSA) is 29.5 Å². The van der Waals surface area contributed by atoms with Crippen LogP contribution in [0.1, 0.15) is 31.4 Å². The third kappa shape index (κ3) is 4.42. The maximum atomic E-state index is 11.1. The smallest absolute Gasteiger partial charge is 0.304 e. The fourth-order valence-electron chi connectivity index (χ4n) is 2.17. The minimum absolute atomic E-state index is 0.302. The van der Waals surface area contributed by atoms with E-state index in [1.54, 1.807) is 0 Å². The molecule has 3 nitrogen and oxygen atoms in total. The first-order valence-corrected chi connectivity index (χ1v) is 6.68. The van der Waals surface area contributed by atoms with Gasteiger partial charge in [-0.1, -0.05) is 42.2 Å². The van der Waals surface area contributed by atoms with Gasteiger partial charge >= 0.3 is 5.97 Å². The van der Waals surface area contributed by atoms with Crippen LogP contribution in [0.15, 0.2) is 30.3 Å². The Hall–Kier alpha value is -1.79. The molecule has 1 aliphatic rings. The van der Waals surface area contributed by atoms with Gasteiger partial charge in [0.25, 0.3) is 0 Å². The van der Waals surface area contributed by atoms with E-state index in [9.17, 15) is 4.79 Å². The number of nitrogens with zero attached hydrogens (tertiary/aromatic N) is 1. The number of hydrogen-bond acceptors (Lipinski definition) is 3. The minimum atomic E-state index is -0.457. The normalized spacial score (nSPS) is 16.5. The lowest BCUT2D eigenvalue weighted by atomic mass is 10.1. The van der Waals surface area contributed by atoms with Crippen LogP contribution in [0.5, 0.6) is 0 Å². The standard InChI is InChI=1S/C16H19NO2/c1-14(18)19-16(15-8-3-2-4-9-15)10-7-13-17-11-5-6-12-17/h2-4,8-9,16H,5-6,11-13H2,1H3/t16-/m0/s1. The van der Waals surface area contributed by atoms with Crippen molar-refractivity contribution in [2.75, 3.05) is 19.6 Å². The van der Waals surface area contributed by atoms with Crippen LogP contribution in [0, 0.1) is 11.8 Å². The summed E-state index contributed by atoms with van der Waals surface area (Å²) in [6.07, 6.45) is 2.06. The molecule has 100 valence electrons. The molecule has 0 saturated carbocycles. The number of rotatable bonds is 3. The van der Waals surface area contributed by atoms with Crippen molar-refractivity contribution in [1.82, 2.24) is 4.90 Å². The summed E-state index contributed by atoms with van der Waals surface area (Å²) in [5, 5.41) is 0. The van der Waals surface area contributed by atoms with Gasteiger partial charge in [-0.15, -0.1) is 0 Å². The van der Waals surface area contributed by atoms with Gasteiger partial charge in [-0.2, -0.15) is 0 Å². The summed E-state index contributed by atoms with van der Waals surface area (Å²) < 4.78 is 5.27. The fraction of sp³-hybridized carbons (Fsp3) is 0.438. The molecule has 0 spiro atoms. The van der Waals surface area contributed by atoms with Crippen molar-refractivity contribution < 1.29 is 9.53 Å². The van der Waals surface area contributed by atoms with E-state index in [1.807, 2.05) is 30.3 Å². The van der Waals surface area contributed by atoms with E-state index in [4.69, 9.17) is 4.74 Å². The first-order valence-electron chi connectivity index (χ1n) is 6.68. The number of carbonyl (C=O) groups is 1. The number of ether oxygens (including phenoxy) is 1. The van der Waals surface area contributed by atoms with Gasteiger partial charge in [0, 0.05) is 12.5 Å². The molecule has 2 rings (SSSR count). The Morgan fingerprint density at radius 3 is 2.63 bits per heavy atom. The number of carbonyl (C=O) groups excluding carboxylic acids is 1. The summed E-state index contributed by atoms with van der Waals surface area (Å²) in [5.74, 6) is 5.89. The quantitative estimate of drug-likeness (QED) is 0.615. The molecule has 1 saturated heterocycles. The largest absolute Gasteiger partial charge is 0.444 e. The summed E-state index contributed by atoms with van der Waals surface area (Å²) in [7, 11) is 0. The zero-order valence-corrected chi connectivity index (χ0v) is 11.3. The number of hydrogen-bond donors (Lipinski definition) is 0. The Bertz CT molecular complexity index is 467. The molecule has 1 atom stereocenters. The first kappa shape index (κ1) is 13.6. The van der Waals surface area contributed by atoms with Gasteiger partial charge in [0.05, 0.1) is 6.54 Å². The molecule has 0 aliphatic carbocycles. The molecule has 1 aromatic rings. The molecular formula is C16H19NO2. The highest BCUT2D eigenvalue weighted by atomic mass is 16.5. The Morgan fingerprint density at radius 2 is 2.00 bits per heavy atom. The molecule has 1 aromatic carbocycles. The van der Waals surface area contributed by atoms with Gasteiger partial charge in [-0.25, -0.2) is 0 Å². The average molecular weight is 257 g/mol. The summed E-state index contributed by atoms with van der Waals surface area (Å²) in [5.41, 5.74) is 0.923. The van der Waals surface area contributed by atoms with Gasteiger partial charge < -0.3 is 4.74 Å². The maximum Gasteiger partial charge on any atom is 0.304 e. The highest BCUT2D eigenvalue weighted by Crippen LogP contribution is 2.16. The molecule has 0 unspecified atom stereocenters. The number of likely N-dealkylation sites (tertiary alicyclic amines) is 1. The monoisotopic (exact) mass is 257 g/mol. The molecule has 1 heterocycles. The second kappa shape index (κ2) is 6.96. The second-order valence-electron chi connectivity index (χ2n) is 4.70. The third-order valence-corrected chi connectivity index (χ3v) is 3.12. The molecule has 0 N–H and O–H groups in total. The Labute approximate surface area is 114 Å². The molecule has 19 heavy (non-hydrogen) atoms. The van der Waals surface area contributed by atoms with Crippen LogP contribution in [0.2, 0.25) is 0 Å². The highest BCUT2D eigenvalue weighted by molar-refractivity contribution is 5.66. The SMILES string of the molecule is CC(=O)O[C@@H](C#CCN1CCCC1)c1ccccc1. The summed E-state index contributed by atoms with van der Waals surface area (Å²) in [4.78, 5) is 13.5. The van der Waals surface area contributed by atoms with Gasteiger partial charge in [-0.3, -0.25) is 9.69 Å². The van der Waals surface area contributed by atoms with Crippen molar-refractivity contribution >= 4 is 5.97 Å². The van der Waals surface area contributed by atoms with Crippen LogP contribution in [0.25, 0.3) is 0 Å². The highest BCUT2D eigenvalue weighted by Gasteiger charge is 2.12. The lowest BCUT2D eigenvalue weighted by molar-refractivity contribution is -0.144. The van der Waals surface area contributed by atoms with Crippen LogP contribution in [-0.2, 0) is 9.53 Å². The van der Waals surface area contributed by atoms with E-state index >= 15 is 0 Å². The van der Waals surface area contributed by atoms with Crippen molar-refractivity contribution in [3.05, 3.63) is 35.9 Å². The zero-order valence-electron chi connectivity index (χ0n) is 11.3. The van der Waals surface area contributed by atoms with Crippen LogP contribution < -0.4 is 0 Å². The van der Waals surface area contributed by atoms with Gasteiger partial charge in [-0.05, 0) is 25.9 Å². The third-order valence-electron chi connectivity index (χ3n) is 3.12. The average Bonchev–Trinajstić information content (AvgIpc) is 2.91. The van der Waals surface area contributed by atoms with E-state index < -0.39 is 6.10 Å². The van der Waals surface area contributed by atoms with Gasteiger partial charge in [0.1, 0.15) is 0 Å². The van der Waals surface area contributed by atoms with E-state index in [-0.39, 0.29) is 5.97 Å². The van der Waals surface area contributed by atoms with Crippen molar-refractivity contribution in [3.8, 4) is 11.8 Å². The van der Waals surface area contributed by atoms with E-state index in [1.165, 1.54) is 19.8 Å². The van der Waals surface area contributed by atoms with Gasteiger partial charge in [0.15, 0.2) is 6.10 Å². The van der Waals surface area contributed by atoms with Crippen LogP contribution in [-0.4, -0.2) is 30.5 Å². The lowest BCUT2D eigenvalue weighted by Crippen LogP contribution is -2.19. The Morgan fingerprint density at radius 1 is 1.32 bits per heavy atom. The van der Waals surface area contributed by atoms with Crippen LogP contribution in [0.4, 0.5) is 0 Å². The molecule has 1 fully saturated rings. The second-order valence-corrected chi connectivity index (χ2v) is 4.70. The van der Waals surface area contributed by atoms with E-state index in [2.05, 4.69) is 16.7 Å². The Balaban J connectivity index is 2.01. The number of benzene rings is 1. The predicted octanol–water partition coefficient (Wildman–Crippen LogP) is 2.39. The molecule has 0 amide bonds. The van der Waals surface area contributed by atoms with E-state index in [0.717, 1.165) is 25.2 Å². The zero-order chi connectivity index (χ0) is 13.5. The fourth-order valence-corrected chi connectivity index (χ4v) is 2.17. The molecule has 0 aromatic heterocycles. The lowest BCUT2D eigenvalue weighted by Gasteiger charge is -2.12. The van der Waals surface area contributed by atoms with Crippen LogP contribution in [0.3, 0.4) is 0 Å². The number of esters is 1. The Kier molecular flexibility index (Phi) is 5.00. The van der Waals surface area contributed by atoms with Crippen molar-refractivity contribution in [2.24, 2.45) is 0 Å². The summed E-state index contributed by atoms with van der Waals surface area (Å²) in [6.45, 7) is 4.42. The first-order chi connectivity index (χ1) is 9.25. The molecule has 1 aliphatic heterocycles. The van der Waals surface area contributed by atoms with Crippen molar-refractivity contribution in [1.29, 1.82) is 0 Å². The molecular weight excluding hydrogens is 238 g/mol. The summed E-state index contributed by atoms with van der Waals surface area (Å²) >= 11 is 0. The molecule has 0 bridgehead atoms. The molecule has 3 heteroatoms. The van der Waals surface area contributed by atoms with Crippen molar-refractivity contribution in [3.63, 3.8) is 0 Å². The van der Waals surface area contributed by atoms with Crippen LogP contribution >= 0.6 is 0 Å². The summed E-state index contributed by atoms with van der Waals surface area (Å²) in [6, 6.07) is 9.64. The molecule has 0 radical (unpaired) electrons. The van der Waals surface area contributed by atoms with E-state index in [0.29, 0.717) is 0 Å². The minimum Gasteiger partial charge on any atom is -0.444 e.